The van der Waals surface area contributed by atoms with E-state index >= 15 is 0 Å². The van der Waals surface area contributed by atoms with Gasteiger partial charge >= 0.3 is 0 Å². The molecule has 0 saturated carbocycles. The molecule has 23 heavy (non-hydrogen) atoms. The first-order valence-corrected chi connectivity index (χ1v) is 7.66. The van der Waals surface area contributed by atoms with Crippen LogP contribution in [0.2, 0.25) is 0 Å². The van der Waals surface area contributed by atoms with Gasteiger partial charge in [-0.2, -0.15) is 0 Å². The lowest BCUT2D eigenvalue weighted by molar-refractivity contribution is 0.0952. The van der Waals surface area contributed by atoms with E-state index in [0.29, 0.717) is 11.6 Å². The van der Waals surface area contributed by atoms with E-state index < -0.39 is 11.3 Å². The smallest absolute Gasteiger partial charge is 0.294 e. The molecule has 2 rings (SSSR count). The van der Waals surface area contributed by atoms with Crippen LogP contribution in [0.4, 0.5) is 0 Å². The van der Waals surface area contributed by atoms with Gasteiger partial charge in [0.1, 0.15) is 5.69 Å². The minimum Gasteiger partial charge on any atom is -0.501 e. The average molecular weight is 315 g/mol. The molecule has 2 aromatic rings. The number of aromatic hydroxyl groups is 1. The maximum Gasteiger partial charge on any atom is 0.294 e. The van der Waals surface area contributed by atoms with Crippen LogP contribution in [0, 0.1) is 11.8 Å². The molecule has 0 bridgehead atoms. The number of hydrogen-bond acceptors (Lipinski definition) is 5. The predicted molar refractivity (Wildman–Crippen MR) is 87.3 cm³/mol. The molecule has 0 aliphatic carbocycles. The molecular formula is C17H21N3O3. The molecule has 0 spiro atoms. The highest BCUT2D eigenvalue weighted by atomic mass is 16.3. The molecule has 122 valence electrons. The monoisotopic (exact) mass is 315 g/mol. The second-order valence-corrected chi connectivity index (χ2v) is 6.19. The summed E-state index contributed by atoms with van der Waals surface area (Å²) < 4.78 is 0. The standard InChI is InChI=1S/C17H21N3O3/c1-10(2)8-11(3)9-13(21)14-15(22)17(23)20-16(19-14)12-6-4-5-7-18-12/h4-7,10-11,22H,8-9H2,1-3H3,(H,19,20,23). The van der Waals surface area contributed by atoms with Crippen molar-refractivity contribution in [3.8, 4) is 17.3 Å². The first kappa shape index (κ1) is 16.9. The summed E-state index contributed by atoms with van der Waals surface area (Å²) in [6, 6.07) is 5.16. The maximum absolute atomic E-state index is 12.4. The predicted octanol–water partition coefficient (Wildman–Crippen LogP) is 2.79. The van der Waals surface area contributed by atoms with Gasteiger partial charge in [-0.05, 0) is 30.4 Å². The van der Waals surface area contributed by atoms with Crippen LogP contribution in [0.25, 0.3) is 11.5 Å². The summed E-state index contributed by atoms with van der Waals surface area (Å²) in [5.41, 5.74) is -0.487. The Morgan fingerprint density at radius 2 is 2.04 bits per heavy atom. The van der Waals surface area contributed by atoms with Crippen molar-refractivity contribution in [1.29, 1.82) is 0 Å². The highest BCUT2D eigenvalue weighted by molar-refractivity contribution is 5.97. The topological polar surface area (TPSA) is 95.9 Å². The number of rotatable bonds is 6. The number of carbonyl (C=O) groups is 1. The number of H-pyrrole nitrogens is 1. The summed E-state index contributed by atoms with van der Waals surface area (Å²) >= 11 is 0. The van der Waals surface area contributed by atoms with Gasteiger partial charge < -0.3 is 10.1 Å². The summed E-state index contributed by atoms with van der Waals surface area (Å²) in [4.78, 5) is 34.9. The quantitative estimate of drug-likeness (QED) is 0.799. The van der Waals surface area contributed by atoms with E-state index in [9.17, 15) is 14.7 Å². The minimum absolute atomic E-state index is 0.154. The molecule has 0 aromatic carbocycles. The van der Waals surface area contributed by atoms with Crippen LogP contribution in [0.5, 0.6) is 5.75 Å². The molecule has 0 aliphatic rings. The van der Waals surface area contributed by atoms with E-state index in [1.165, 1.54) is 0 Å². The molecule has 2 heterocycles. The Hall–Kier alpha value is -2.50. The van der Waals surface area contributed by atoms with Gasteiger partial charge in [0.05, 0.1) is 0 Å². The van der Waals surface area contributed by atoms with Crippen molar-refractivity contribution in [3.05, 3.63) is 40.4 Å². The molecule has 0 radical (unpaired) electrons. The second kappa shape index (κ2) is 7.17. The van der Waals surface area contributed by atoms with Gasteiger partial charge in [0.2, 0.25) is 5.75 Å². The van der Waals surface area contributed by atoms with Gasteiger partial charge in [-0.25, -0.2) is 4.98 Å². The van der Waals surface area contributed by atoms with Gasteiger partial charge in [0.15, 0.2) is 17.3 Å². The van der Waals surface area contributed by atoms with Crippen LogP contribution in [0.15, 0.2) is 29.2 Å². The van der Waals surface area contributed by atoms with Gasteiger partial charge in [0, 0.05) is 12.6 Å². The summed E-state index contributed by atoms with van der Waals surface area (Å²) in [5.74, 6) is -0.164. The van der Waals surface area contributed by atoms with E-state index in [4.69, 9.17) is 0 Å². The molecule has 2 N–H and O–H groups in total. The number of Topliss-reactive ketones (excluding diaryl/α,β-unsaturated/α-hetero) is 1. The van der Waals surface area contributed by atoms with Crippen molar-refractivity contribution in [3.63, 3.8) is 0 Å². The first-order valence-electron chi connectivity index (χ1n) is 7.66. The lowest BCUT2D eigenvalue weighted by Crippen LogP contribution is -2.17. The van der Waals surface area contributed by atoms with E-state index in [1.807, 2.05) is 6.92 Å². The van der Waals surface area contributed by atoms with Gasteiger partial charge in [-0.15, -0.1) is 0 Å². The summed E-state index contributed by atoms with van der Waals surface area (Å²) in [6.45, 7) is 6.15. The molecule has 1 atom stereocenters. The number of carbonyl (C=O) groups excluding carboxylic acids is 1. The Morgan fingerprint density at radius 3 is 2.65 bits per heavy atom. The summed E-state index contributed by atoms with van der Waals surface area (Å²) in [6.07, 6.45) is 2.70. The van der Waals surface area contributed by atoms with Crippen molar-refractivity contribution in [2.45, 2.75) is 33.6 Å². The minimum atomic E-state index is -0.736. The van der Waals surface area contributed by atoms with Crippen molar-refractivity contribution in [1.82, 2.24) is 15.0 Å². The first-order chi connectivity index (χ1) is 10.9. The third-order valence-electron chi connectivity index (χ3n) is 3.47. The van der Waals surface area contributed by atoms with Crippen molar-refractivity contribution < 1.29 is 9.90 Å². The van der Waals surface area contributed by atoms with E-state index in [2.05, 4.69) is 28.8 Å². The van der Waals surface area contributed by atoms with Crippen molar-refractivity contribution in [2.24, 2.45) is 11.8 Å². The third kappa shape index (κ3) is 4.25. The third-order valence-corrected chi connectivity index (χ3v) is 3.47. The fourth-order valence-electron chi connectivity index (χ4n) is 2.59. The highest BCUT2D eigenvalue weighted by Gasteiger charge is 2.21. The highest BCUT2D eigenvalue weighted by Crippen LogP contribution is 2.21. The van der Waals surface area contributed by atoms with Gasteiger partial charge in [-0.1, -0.05) is 26.8 Å². The zero-order valence-corrected chi connectivity index (χ0v) is 13.5. The van der Waals surface area contributed by atoms with Crippen molar-refractivity contribution in [2.75, 3.05) is 0 Å². The maximum atomic E-state index is 12.4. The lowest BCUT2D eigenvalue weighted by Gasteiger charge is -2.13. The molecular weight excluding hydrogens is 294 g/mol. The molecule has 6 heteroatoms. The van der Waals surface area contributed by atoms with Crippen LogP contribution < -0.4 is 5.56 Å². The number of nitrogens with one attached hydrogen (secondary N) is 1. The summed E-state index contributed by atoms with van der Waals surface area (Å²) in [5, 5.41) is 9.89. The fourth-order valence-corrected chi connectivity index (χ4v) is 2.59. The molecule has 1 unspecified atom stereocenters. The summed E-state index contributed by atoms with van der Waals surface area (Å²) in [7, 11) is 0. The molecule has 0 amide bonds. The number of pyridine rings is 1. The Kier molecular flexibility index (Phi) is 5.26. The Balaban J connectivity index is 2.33. The number of ketones is 1. The zero-order chi connectivity index (χ0) is 17.0. The Morgan fingerprint density at radius 1 is 1.30 bits per heavy atom. The number of nitrogens with zero attached hydrogens (tertiary/aromatic N) is 2. The Labute approximate surface area is 134 Å². The van der Waals surface area contributed by atoms with E-state index in [-0.39, 0.29) is 29.6 Å². The number of aromatic nitrogens is 3. The molecule has 6 nitrogen and oxygen atoms in total. The number of aromatic amines is 1. The molecule has 0 aliphatic heterocycles. The zero-order valence-electron chi connectivity index (χ0n) is 13.5. The Bertz CT molecular complexity index is 738. The van der Waals surface area contributed by atoms with E-state index in [1.54, 1.807) is 24.4 Å². The van der Waals surface area contributed by atoms with Crippen LogP contribution in [-0.4, -0.2) is 25.8 Å². The van der Waals surface area contributed by atoms with Crippen LogP contribution in [0.1, 0.15) is 44.1 Å². The second-order valence-electron chi connectivity index (χ2n) is 6.19. The molecule has 0 fully saturated rings. The normalized spacial score (nSPS) is 12.3. The van der Waals surface area contributed by atoms with Gasteiger partial charge in [0.25, 0.3) is 5.56 Å². The van der Waals surface area contributed by atoms with Crippen LogP contribution >= 0.6 is 0 Å². The fraction of sp³-hybridized carbons (Fsp3) is 0.412. The SMILES string of the molecule is CC(C)CC(C)CC(=O)c1nc(-c2ccccn2)[nH]c(=O)c1O. The molecule has 0 saturated heterocycles. The van der Waals surface area contributed by atoms with E-state index in [0.717, 1.165) is 6.42 Å². The van der Waals surface area contributed by atoms with Gasteiger partial charge in [-0.3, -0.25) is 14.6 Å². The van der Waals surface area contributed by atoms with Crippen LogP contribution in [0.3, 0.4) is 0 Å². The van der Waals surface area contributed by atoms with Crippen LogP contribution in [-0.2, 0) is 0 Å². The lowest BCUT2D eigenvalue weighted by atomic mass is 9.93. The molecule has 2 aromatic heterocycles. The van der Waals surface area contributed by atoms with Crippen molar-refractivity contribution >= 4 is 5.78 Å². The largest absolute Gasteiger partial charge is 0.501 e. The average Bonchev–Trinajstić information content (AvgIpc) is 2.49. The number of hydrogen-bond donors (Lipinski definition) is 2.